The van der Waals surface area contributed by atoms with Crippen LogP contribution < -0.4 is 5.32 Å². The predicted molar refractivity (Wildman–Crippen MR) is 76.7 cm³/mol. The first-order valence-corrected chi connectivity index (χ1v) is 7.14. The van der Waals surface area contributed by atoms with Gasteiger partial charge in [0, 0.05) is 19.6 Å². The Balaban J connectivity index is 3.82. The molecule has 0 aromatic rings. The normalized spacial score (nSPS) is 17.2. The van der Waals surface area contributed by atoms with Gasteiger partial charge >= 0.3 is 0 Å². The van der Waals surface area contributed by atoms with E-state index in [-0.39, 0.29) is 6.10 Å². The molecule has 18 heavy (non-hydrogen) atoms. The minimum absolute atomic E-state index is 0.375. The molecule has 0 aliphatic heterocycles. The van der Waals surface area contributed by atoms with Crippen LogP contribution in [0.4, 0.5) is 0 Å². The molecule has 0 saturated carbocycles. The fourth-order valence-corrected chi connectivity index (χ4v) is 2.30. The van der Waals surface area contributed by atoms with Gasteiger partial charge in [-0.2, -0.15) is 0 Å². The van der Waals surface area contributed by atoms with Gasteiger partial charge in [-0.25, -0.2) is 0 Å². The summed E-state index contributed by atoms with van der Waals surface area (Å²) >= 11 is 0. The SMILES string of the molecule is CCN(CC)CC(O)CNCC(C)(O)CC(C)C. The van der Waals surface area contributed by atoms with Gasteiger partial charge in [0.1, 0.15) is 0 Å². The molecule has 0 aliphatic carbocycles. The lowest BCUT2D eigenvalue weighted by molar-refractivity contribution is 0.0336. The highest BCUT2D eigenvalue weighted by Crippen LogP contribution is 2.14. The molecule has 2 atom stereocenters. The highest BCUT2D eigenvalue weighted by atomic mass is 16.3. The molecule has 0 radical (unpaired) electrons. The average Bonchev–Trinajstić information content (AvgIpc) is 2.23. The fourth-order valence-electron chi connectivity index (χ4n) is 2.30. The Morgan fingerprint density at radius 3 is 2.22 bits per heavy atom. The molecule has 0 aliphatic rings. The zero-order chi connectivity index (χ0) is 14.2. The molecular formula is C14H32N2O2. The molecule has 0 saturated heterocycles. The lowest BCUT2D eigenvalue weighted by Gasteiger charge is -2.27. The Morgan fingerprint density at radius 1 is 1.22 bits per heavy atom. The third-order valence-electron chi connectivity index (χ3n) is 3.10. The van der Waals surface area contributed by atoms with E-state index in [0.29, 0.717) is 25.6 Å². The summed E-state index contributed by atoms with van der Waals surface area (Å²) < 4.78 is 0. The van der Waals surface area contributed by atoms with Crippen LogP contribution in [0.1, 0.15) is 41.0 Å². The maximum atomic E-state index is 10.1. The first-order chi connectivity index (χ1) is 8.30. The molecule has 0 aromatic heterocycles. The van der Waals surface area contributed by atoms with Crippen LogP contribution in [0, 0.1) is 5.92 Å². The van der Waals surface area contributed by atoms with Crippen LogP contribution in [-0.2, 0) is 0 Å². The fraction of sp³-hybridized carbons (Fsp3) is 1.00. The minimum atomic E-state index is -0.691. The number of aliphatic hydroxyl groups is 2. The average molecular weight is 260 g/mol. The summed E-state index contributed by atoms with van der Waals surface area (Å²) in [6.45, 7) is 13.9. The van der Waals surface area contributed by atoms with E-state index >= 15 is 0 Å². The van der Waals surface area contributed by atoms with Gasteiger partial charge in [-0.15, -0.1) is 0 Å². The van der Waals surface area contributed by atoms with Gasteiger partial charge in [0.25, 0.3) is 0 Å². The summed E-state index contributed by atoms with van der Waals surface area (Å²) in [5, 5.41) is 23.1. The van der Waals surface area contributed by atoms with Crippen molar-refractivity contribution < 1.29 is 10.2 Å². The summed E-state index contributed by atoms with van der Waals surface area (Å²) in [5.74, 6) is 0.474. The molecule has 0 rings (SSSR count). The van der Waals surface area contributed by atoms with E-state index in [1.807, 2.05) is 6.92 Å². The van der Waals surface area contributed by atoms with Gasteiger partial charge in [-0.1, -0.05) is 27.7 Å². The zero-order valence-electron chi connectivity index (χ0n) is 12.7. The van der Waals surface area contributed by atoms with Crippen molar-refractivity contribution in [1.82, 2.24) is 10.2 Å². The van der Waals surface area contributed by atoms with Crippen molar-refractivity contribution >= 4 is 0 Å². The monoisotopic (exact) mass is 260 g/mol. The summed E-state index contributed by atoms with van der Waals surface area (Å²) in [7, 11) is 0. The first kappa shape index (κ1) is 17.8. The van der Waals surface area contributed by atoms with Gasteiger partial charge in [0.05, 0.1) is 11.7 Å². The van der Waals surface area contributed by atoms with E-state index in [0.717, 1.165) is 19.5 Å². The largest absolute Gasteiger partial charge is 0.390 e. The van der Waals surface area contributed by atoms with Crippen LogP contribution in [-0.4, -0.2) is 59.5 Å². The lowest BCUT2D eigenvalue weighted by Crippen LogP contribution is -2.44. The van der Waals surface area contributed by atoms with Crippen LogP contribution >= 0.6 is 0 Å². The van der Waals surface area contributed by atoms with Crippen LogP contribution in [0.3, 0.4) is 0 Å². The van der Waals surface area contributed by atoms with Gasteiger partial charge in [-0.3, -0.25) is 0 Å². The Labute approximate surface area is 112 Å². The number of rotatable bonds is 10. The number of nitrogens with one attached hydrogen (secondary N) is 1. The van der Waals surface area contributed by atoms with E-state index in [2.05, 4.69) is 37.9 Å². The summed E-state index contributed by atoms with van der Waals surface area (Å²) in [6, 6.07) is 0. The number of hydrogen-bond acceptors (Lipinski definition) is 4. The van der Waals surface area contributed by atoms with Crippen molar-refractivity contribution in [2.75, 3.05) is 32.7 Å². The van der Waals surface area contributed by atoms with Crippen molar-refractivity contribution in [3.63, 3.8) is 0 Å². The molecule has 0 bridgehead atoms. The maximum Gasteiger partial charge on any atom is 0.0791 e. The van der Waals surface area contributed by atoms with E-state index in [1.54, 1.807) is 0 Å². The molecule has 0 aromatic carbocycles. The number of likely N-dealkylation sites (N-methyl/N-ethyl adjacent to an activating group) is 1. The Kier molecular flexibility index (Phi) is 8.78. The molecular weight excluding hydrogens is 228 g/mol. The minimum Gasteiger partial charge on any atom is -0.390 e. The van der Waals surface area contributed by atoms with Crippen LogP contribution in [0.25, 0.3) is 0 Å². The summed E-state index contributed by atoms with van der Waals surface area (Å²) in [4.78, 5) is 2.19. The van der Waals surface area contributed by atoms with Crippen LogP contribution in [0.15, 0.2) is 0 Å². The Morgan fingerprint density at radius 2 is 1.78 bits per heavy atom. The molecule has 0 heterocycles. The van der Waals surface area contributed by atoms with E-state index in [4.69, 9.17) is 0 Å². The summed E-state index contributed by atoms with van der Waals surface area (Å²) in [6.07, 6.45) is 0.395. The lowest BCUT2D eigenvalue weighted by atomic mass is 9.94. The molecule has 4 nitrogen and oxygen atoms in total. The molecule has 0 fully saturated rings. The second kappa shape index (κ2) is 8.86. The highest BCUT2D eigenvalue weighted by Gasteiger charge is 2.21. The Bertz CT molecular complexity index is 204. The van der Waals surface area contributed by atoms with Crippen molar-refractivity contribution in [3.8, 4) is 0 Å². The van der Waals surface area contributed by atoms with Crippen molar-refractivity contribution in [3.05, 3.63) is 0 Å². The smallest absolute Gasteiger partial charge is 0.0791 e. The maximum absolute atomic E-state index is 10.1. The molecule has 110 valence electrons. The van der Waals surface area contributed by atoms with Crippen molar-refractivity contribution in [2.24, 2.45) is 5.92 Å². The zero-order valence-corrected chi connectivity index (χ0v) is 12.7. The topological polar surface area (TPSA) is 55.7 Å². The van der Waals surface area contributed by atoms with Crippen LogP contribution in [0.5, 0.6) is 0 Å². The van der Waals surface area contributed by atoms with Gasteiger partial charge in [-0.05, 0) is 32.4 Å². The first-order valence-electron chi connectivity index (χ1n) is 7.14. The van der Waals surface area contributed by atoms with Gasteiger partial charge < -0.3 is 20.4 Å². The molecule has 2 unspecified atom stereocenters. The third kappa shape index (κ3) is 8.86. The number of nitrogens with zero attached hydrogens (tertiary/aromatic N) is 1. The Hall–Kier alpha value is -0.160. The molecule has 3 N–H and O–H groups in total. The van der Waals surface area contributed by atoms with E-state index in [9.17, 15) is 10.2 Å². The molecule has 0 spiro atoms. The third-order valence-corrected chi connectivity index (χ3v) is 3.10. The molecule has 0 amide bonds. The second-order valence-corrected chi connectivity index (χ2v) is 5.87. The van der Waals surface area contributed by atoms with Crippen LogP contribution in [0.2, 0.25) is 0 Å². The van der Waals surface area contributed by atoms with Crippen molar-refractivity contribution in [1.29, 1.82) is 0 Å². The van der Waals surface area contributed by atoms with Gasteiger partial charge in [0.15, 0.2) is 0 Å². The molecule has 4 heteroatoms. The number of hydrogen-bond donors (Lipinski definition) is 3. The summed E-state index contributed by atoms with van der Waals surface area (Å²) in [5.41, 5.74) is -0.691. The van der Waals surface area contributed by atoms with Crippen molar-refractivity contribution in [2.45, 2.75) is 52.7 Å². The highest BCUT2D eigenvalue weighted by molar-refractivity contribution is 4.78. The van der Waals surface area contributed by atoms with E-state index < -0.39 is 5.60 Å². The quantitative estimate of drug-likeness (QED) is 0.550. The van der Waals surface area contributed by atoms with Gasteiger partial charge in [0.2, 0.25) is 0 Å². The second-order valence-electron chi connectivity index (χ2n) is 5.87. The predicted octanol–water partition coefficient (Wildman–Crippen LogP) is 1.08. The van der Waals surface area contributed by atoms with E-state index in [1.165, 1.54) is 0 Å². The standard InChI is InChI=1S/C14H32N2O2/c1-6-16(7-2)10-13(17)9-15-11-14(5,18)8-12(3)4/h12-13,15,17-18H,6-11H2,1-5H3. The number of aliphatic hydroxyl groups excluding tert-OH is 1.